The Labute approximate surface area is 169 Å². The lowest BCUT2D eigenvalue weighted by Gasteiger charge is -2.21. The molecule has 152 valence electrons. The minimum Gasteiger partial charge on any atom is -0.349 e. The maximum absolute atomic E-state index is 13.2. The van der Waals surface area contributed by atoms with Crippen molar-refractivity contribution in [1.29, 1.82) is 0 Å². The van der Waals surface area contributed by atoms with Gasteiger partial charge in [-0.3, -0.25) is 15.0 Å². The number of hydrogen-bond acceptors (Lipinski definition) is 4. The van der Waals surface area contributed by atoms with E-state index in [2.05, 4.69) is 21.5 Å². The molecule has 2 aromatic carbocycles. The van der Waals surface area contributed by atoms with E-state index in [1.807, 2.05) is 31.2 Å². The highest BCUT2D eigenvalue weighted by Crippen LogP contribution is 2.30. The molecule has 6 nitrogen and oxygen atoms in total. The molecule has 3 atom stereocenters. The highest BCUT2D eigenvalue weighted by atomic mass is 19.1. The molecule has 3 unspecified atom stereocenters. The van der Waals surface area contributed by atoms with Gasteiger partial charge in [0.15, 0.2) is 0 Å². The van der Waals surface area contributed by atoms with Crippen molar-refractivity contribution in [3.05, 3.63) is 65.5 Å². The molecule has 4 N–H and O–H groups in total. The number of rotatable bonds is 6. The molecule has 1 aliphatic carbocycles. The van der Waals surface area contributed by atoms with E-state index in [1.54, 1.807) is 12.1 Å². The van der Waals surface area contributed by atoms with Gasteiger partial charge in [-0.1, -0.05) is 24.3 Å². The highest BCUT2D eigenvalue weighted by Gasteiger charge is 2.34. The van der Waals surface area contributed by atoms with Crippen molar-refractivity contribution in [2.45, 2.75) is 31.8 Å². The summed E-state index contributed by atoms with van der Waals surface area (Å²) in [5, 5.41) is 5.97. The van der Waals surface area contributed by atoms with E-state index >= 15 is 0 Å². The number of hydrogen-bond donors (Lipinski definition) is 4. The number of hydrazine groups is 1. The second kappa shape index (κ2) is 8.31. The van der Waals surface area contributed by atoms with E-state index < -0.39 is 0 Å². The Morgan fingerprint density at radius 3 is 2.38 bits per heavy atom. The first kappa shape index (κ1) is 19.5. The molecule has 2 aromatic rings. The number of benzene rings is 2. The highest BCUT2D eigenvalue weighted by molar-refractivity contribution is 5.94. The second-order valence-corrected chi connectivity index (χ2v) is 7.78. The van der Waals surface area contributed by atoms with Crippen molar-refractivity contribution < 1.29 is 14.0 Å². The fourth-order valence-electron chi connectivity index (χ4n) is 3.58. The quantitative estimate of drug-likeness (QED) is 0.605. The number of halogens is 1. The molecule has 7 heteroatoms. The van der Waals surface area contributed by atoms with Gasteiger partial charge in [-0.25, -0.2) is 9.82 Å². The van der Waals surface area contributed by atoms with Crippen LogP contribution in [0.5, 0.6) is 0 Å². The second-order valence-electron chi connectivity index (χ2n) is 7.78. The number of anilines is 1. The molecular formula is C22H25FN4O2. The first-order valence-corrected chi connectivity index (χ1v) is 9.96. The predicted octanol–water partition coefficient (Wildman–Crippen LogP) is 2.82. The average molecular weight is 396 g/mol. The molecule has 0 radical (unpaired) electrons. The lowest BCUT2D eigenvalue weighted by molar-refractivity contribution is -0.125. The fourth-order valence-corrected chi connectivity index (χ4v) is 3.58. The normalized spacial score (nSPS) is 22.1. The van der Waals surface area contributed by atoms with Gasteiger partial charge in [0.2, 0.25) is 11.8 Å². The van der Waals surface area contributed by atoms with Crippen LogP contribution in [-0.4, -0.2) is 18.4 Å². The standard InChI is InChI=1S/C22H25FN4O2/c1-13(14-6-10-18(11-7-14)26-21(28)16-2-3-16)25-22(29)19-12-24-27-20(19)15-4-8-17(23)9-5-15/h4-11,13,16,19-20,24,27H,2-3,12H2,1H3,(H,25,29)(H,26,28). The summed E-state index contributed by atoms with van der Waals surface area (Å²) < 4.78 is 13.2. The summed E-state index contributed by atoms with van der Waals surface area (Å²) in [4.78, 5) is 24.7. The Morgan fingerprint density at radius 2 is 1.72 bits per heavy atom. The van der Waals surface area contributed by atoms with Crippen LogP contribution in [0.15, 0.2) is 48.5 Å². The molecule has 2 amide bonds. The van der Waals surface area contributed by atoms with Crippen LogP contribution in [0.2, 0.25) is 0 Å². The van der Waals surface area contributed by atoms with Gasteiger partial charge in [-0.15, -0.1) is 0 Å². The molecular weight excluding hydrogens is 371 g/mol. The molecule has 1 aliphatic heterocycles. The summed E-state index contributed by atoms with van der Waals surface area (Å²) in [6.07, 6.45) is 1.94. The fraction of sp³-hybridized carbons (Fsp3) is 0.364. The van der Waals surface area contributed by atoms with Crippen molar-refractivity contribution in [1.82, 2.24) is 16.2 Å². The van der Waals surface area contributed by atoms with Crippen molar-refractivity contribution in [3.8, 4) is 0 Å². The minimum atomic E-state index is -0.306. The Morgan fingerprint density at radius 1 is 1.03 bits per heavy atom. The third kappa shape index (κ3) is 4.63. The number of amides is 2. The molecule has 0 spiro atoms. The van der Waals surface area contributed by atoms with Crippen LogP contribution in [0.1, 0.15) is 43.0 Å². The van der Waals surface area contributed by atoms with Crippen LogP contribution in [0, 0.1) is 17.7 Å². The van der Waals surface area contributed by atoms with E-state index in [9.17, 15) is 14.0 Å². The Hall–Kier alpha value is -2.77. The molecule has 29 heavy (non-hydrogen) atoms. The van der Waals surface area contributed by atoms with Crippen LogP contribution in [-0.2, 0) is 9.59 Å². The molecule has 0 bridgehead atoms. The first-order valence-electron chi connectivity index (χ1n) is 9.96. The van der Waals surface area contributed by atoms with Gasteiger partial charge in [0, 0.05) is 18.2 Å². The third-order valence-electron chi connectivity index (χ3n) is 5.53. The third-order valence-corrected chi connectivity index (χ3v) is 5.53. The van der Waals surface area contributed by atoms with Gasteiger partial charge in [-0.2, -0.15) is 0 Å². The maximum atomic E-state index is 13.2. The molecule has 2 aliphatic rings. The van der Waals surface area contributed by atoms with Gasteiger partial charge >= 0.3 is 0 Å². The van der Waals surface area contributed by atoms with E-state index in [1.165, 1.54) is 12.1 Å². The monoisotopic (exact) mass is 396 g/mol. The Balaban J connectivity index is 1.36. The smallest absolute Gasteiger partial charge is 0.227 e. The topological polar surface area (TPSA) is 82.3 Å². The summed E-state index contributed by atoms with van der Waals surface area (Å²) in [6.45, 7) is 2.42. The van der Waals surface area contributed by atoms with Gasteiger partial charge in [-0.05, 0) is 55.2 Å². The number of nitrogens with one attached hydrogen (secondary N) is 4. The summed E-state index contributed by atoms with van der Waals surface area (Å²) in [5.41, 5.74) is 8.71. The van der Waals surface area contributed by atoms with Gasteiger partial charge in [0.05, 0.1) is 18.0 Å². The van der Waals surface area contributed by atoms with Crippen LogP contribution in [0.3, 0.4) is 0 Å². The number of carbonyl (C=O) groups excluding carboxylic acids is 2. The zero-order valence-corrected chi connectivity index (χ0v) is 16.2. The van der Waals surface area contributed by atoms with Gasteiger partial charge < -0.3 is 10.6 Å². The first-order chi connectivity index (χ1) is 14.0. The van der Waals surface area contributed by atoms with Gasteiger partial charge in [0.1, 0.15) is 5.82 Å². The zero-order chi connectivity index (χ0) is 20.4. The van der Waals surface area contributed by atoms with Crippen LogP contribution in [0.25, 0.3) is 0 Å². The Kier molecular flexibility index (Phi) is 5.60. The van der Waals surface area contributed by atoms with E-state index in [4.69, 9.17) is 0 Å². The summed E-state index contributed by atoms with van der Waals surface area (Å²) >= 11 is 0. The molecule has 1 saturated carbocycles. The summed E-state index contributed by atoms with van der Waals surface area (Å²) in [7, 11) is 0. The van der Waals surface area contributed by atoms with Gasteiger partial charge in [0.25, 0.3) is 0 Å². The van der Waals surface area contributed by atoms with Crippen molar-refractivity contribution in [3.63, 3.8) is 0 Å². The maximum Gasteiger partial charge on any atom is 0.227 e. The average Bonchev–Trinajstić information content (AvgIpc) is 3.46. The zero-order valence-electron chi connectivity index (χ0n) is 16.2. The van der Waals surface area contributed by atoms with Crippen LogP contribution < -0.4 is 21.5 Å². The van der Waals surface area contributed by atoms with E-state index in [0.29, 0.717) is 6.54 Å². The molecule has 2 fully saturated rings. The number of carbonyl (C=O) groups is 2. The molecule has 0 aromatic heterocycles. The summed E-state index contributed by atoms with van der Waals surface area (Å²) in [6, 6.07) is 13.3. The van der Waals surface area contributed by atoms with Crippen LogP contribution in [0.4, 0.5) is 10.1 Å². The summed E-state index contributed by atoms with van der Waals surface area (Å²) in [5.74, 6) is -0.440. The minimum absolute atomic E-state index is 0.0737. The lowest BCUT2D eigenvalue weighted by Crippen LogP contribution is -2.36. The predicted molar refractivity (Wildman–Crippen MR) is 108 cm³/mol. The Bertz CT molecular complexity index is 881. The SMILES string of the molecule is CC(NC(=O)C1CNNC1c1ccc(F)cc1)c1ccc(NC(=O)C2CC2)cc1. The van der Waals surface area contributed by atoms with Crippen molar-refractivity contribution >= 4 is 17.5 Å². The van der Waals surface area contributed by atoms with Crippen molar-refractivity contribution in [2.75, 3.05) is 11.9 Å². The van der Waals surface area contributed by atoms with E-state index in [-0.39, 0.29) is 41.6 Å². The largest absolute Gasteiger partial charge is 0.349 e. The molecule has 1 heterocycles. The molecule has 4 rings (SSSR count). The van der Waals surface area contributed by atoms with Crippen molar-refractivity contribution in [2.24, 2.45) is 11.8 Å². The lowest BCUT2D eigenvalue weighted by atomic mass is 9.93. The van der Waals surface area contributed by atoms with Crippen LogP contribution >= 0.6 is 0 Å². The van der Waals surface area contributed by atoms with E-state index in [0.717, 1.165) is 29.7 Å². The molecule has 1 saturated heterocycles.